The molecule has 2 aromatic heterocycles. The van der Waals surface area contributed by atoms with Gasteiger partial charge in [-0.05, 0) is 86.4 Å². The summed E-state index contributed by atoms with van der Waals surface area (Å²) in [6, 6.07) is 12.9. The van der Waals surface area contributed by atoms with Crippen molar-refractivity contribution in [3.05, 3.63) is 71.7 Å². The minimum Gasteiger partial charge on any atom is -0.508 e. The number of nitrogens with one attached hydrogen (secondary N) is 5. The van der Waals surface area contributed by atoms with E-state index in [4.69, 9.17) is 14.2 Å². The van der Waals surface area contributed by atoms with Crippen molar-refractivity contribution in [2.45, 2.75) is 100 Å². The average Bonchev–Trinajstić information content (AvgIpc) is 3.62. The molecular weight excluding hydrogens is 841 g/mol. The van der Waals surface area contributed by atoms with Crippen LogP contribution in [0.4, 0.5) is 4.79 Å². The molecular formula is C45H60N10O8S. The number of aromatic nitrogens is 4. The smallest absolute Gasteiger partial charge is 0.315 e. The van der Waals surface area contributed by atoms with Crippen LogP contribution < -0.4 is 26.0 Å². The molecule has 0 spiro atoms. The van der Waals surface area contributed by atoms with Gasteiger partial charge in [-0.2, -0.15) is 22.0 Å². The number of thioether (sulfide) groups is 1. The fourth-order valence-electron chi connectivity index (χ4n) is 8.24. The van der Waals surface area contributed by atoms with Crippen molar-refractivity contribution in [2.75, 3.05) is 52.4 Å². The number of phenolic OH excluding ortho intramolecular Hbond substituents is 1. The van der Waals surface area contributed by atoms with Crippen LogP contribution in [0.1, 0.15) is 68.2 Å². The highest BCUT2D eigenvalue weighted by Crippen LogP contribution is 2.39. The summed E-state index contributed by atoms with van der Waals surface area (Å²) in [5, 5.41) is 40.2. The molecule has 2 aromatic carbocycles. The van der Waals surface area contributed by atoms with Crippen LogP contribution in [0.3, 0.4) is 0 Å². The third-order valence-electron chi connectivity index (χ3n) is 12.0. The molecule has 2 fully saturated rings. The van der Waals surface area contributed by atoms with Gasteiger partial charge in [0.25, 0.3) is 0 Å². The van der Waals surface area contributed by atoms with Crippen molar-refractivity contribution in [3.63, 3.8) is 0 Å². The second kappa shape index (κ2) is 22.9. The number of amides is 4. The van der Waals surface area contributed by atoms with Crippen molar-refractivity contribution in [3.8, 4) is 11.5 Å². The van der Waals surface area contributed by atoms with E-state index in [1.54, 1.807) is 36.1 Å². The topological polar surface area (TPSA) is 236 Å². The van der Waals surface area contributed by atoms with E-state index in [0.717, 1.165) is 58.5 Å². The molecule has 4 aromatic rings. The molecule has 6 N–H and O–H groups in total. The van der Waals surface area contributed by atoms with Crippen LogP contribution in [0.5, 0.6) is 11.5 Å². The molecule has 2 saturated heterocycles. The van der Waals surface area contributed by atoms with Gasteiger partial charge in [-0.15, -0.1) is 5.10 Å². The predicted octanol–water partition coefficient (Wildman–Crippen LogP) is 4.40. The summed E-state index contributed by atoms with van der Waals surface area (Å²) in [6.07, 6.45) is 10.2. The van der Waals surface area contributed by atoms with E-state index >= 15 is 0 Å². The minimum atomic E-state index is -0.853. The van der Waals surface area contributed by atoms with Gasteiger partial charge in [-0.1, -0.05) is 23.8 Å². The van der Waals surface area contributed by atoms with Gasteiger partial charge in [0.1, 0.15) is 17.3 Å². The predicted molar refractivity (Wildman–Crippen MR) is 240 cm³/mol. The number of hydrogen-bond donors (Lipinski definition) is 6. The van der Waals surface area contributed by atoms with Crippen LogP contribution in [0.25, 0.3) is 10.9 Å². The first-order valence-corrected chi connectivity index (χ1v) is 23.4. The van der Waals surface area contributed by atoms with Crippen molar-refractivity contribution in [1.29, 1.82) is 0 Å². The molecule has 64 heavy (non-hydrogen) atoms. The second-order valence-corrected chi connectivity index (χ2v) is 17.9. The van der Waals surface area contributed by atoms with E-state index in [9.17, 15) is 24.3 Å². The number of hydrogen-bond acceptors (Lipinski definition) is 13. The Bertz CT molecular complexity index is 2210. The van der Waals surface area contributed by atoms with Gasteiger partial charge in [0.2, 0.25) is 11.8 Å². The van der Waals surface area contributed by atoms with Crippen LogP contribution in [0.2, 0.25) is 0 Å². The van der Waals surface area contributed by atoms with E-state index < -0.39 is 11.6 Å². The number of aryl methyl sites for hydroxylation is 2. The Morgan fingerprint density at radius 2 is 1.78 bits per heavy atom. The number of carbonyl (C=O) groups is 4. The number of Topliss-reactive ketones (excluding diaryl/α,β-unsaturated/α-hetero) is 1. The summed E-state index contributed by atoms with van der Waals surface area (Å²) < 4.78 is 18.4. The van der Waals surface area contributed by atoms with E-state index in [-0.39, 0.29) is 47.9 Å². The lowest BCUT2D eigenvalue weighted by Crippen LogP contribution is -2.37. The van der Waals surface area contributed by atoms with Gasteiger partial charge in [-0.3, -0.25) is 14.4 Å². The maximum absolute atomic E-state index is 13.6. The van der Waals surface area contributed by atoms with E-state index in [1.165, 1.54) is 0 Å². The molecule has 3 aliphatic heterocycles. The van der Waals surface area contributed by atoms with E-state index in [0.29, 0.717) is 96.3 Å². The van der Waals surface area contributed by atoms with Crippen LogP contribution in [0.15, 0.2) is 65.1 Å². The van der Waals surface area contributed by atoms with Gasteiger partial charge in [0, 0.05) is 66.7 Å². The lowest BCUT2D eigenvalue weighted by molar-refractivity contribution is -0.134. The molecule has 18 nitrogen and oxygen atoms in total. The summed E-state index contributed by atoms with van der Waals surface area (Å²) in [5.74, 6) is 0.571. The highest BCUT2D eigenvalue weighted by molar-refractivity contribution is 8.00. The molecule has 5 heterocycles. The highest BCUT2D eigenvalue weighted by Gasteiger charge is 2.43. The SMILES string of the molecule is COc1ccc2[nH]cc(CCNC(=O)C(CCC3(CCc4cn(CCOCCOCCNC(=O)CCCCC5SCC6NC(=O)NC65)nn4)N=N3)C(=O)CCc3ccc(O)cc3)c2c1. The number of aromatic hydroxyl groups is 1. The van der Waals surface area contributed by atoms with Crippen molar-refractivity contribution in [1.82, 2.24) is 41.2 Å². The Labute approximate surface area is 376 Å². The number of carbonyl (C=O) groups excluding carboxylic acids is 4. The number of unbranched alkanes of at least 4 members (excludes halogenated alkanes) is 1. The zero-order valence-electron chi connectivity index (χ0n) is 36.4. The molecule has 3 aliphatic rings. The van der Waals surface area contributed by atoms with Crippen molar-refractivity contribution >= 4 is 46.3 Å². The van der Waals surface area contributed by atoms with Gasteiger partial charge < -0.3 is 45.6 Å². The summed E-state index contributed by atoms with van der Waals surface area (Å²) in [5.41, 5.74) is 3.05. The normalized spacial score (nSPS) is 18.6. The molecule has 0 bridgehead atoms. The number of ether oxygens (including phenoxy) is 3. The average molecular weight is 901 g/mol. The first-order valence-electron chi connectivity index (χ1n) is 22.3. The van der Waals surface area contributed by atoms with Gasteiger partial charge in [0.05, 0.1) is 63.8 Å². The Morgan fingerprint density at radius 3 is 2.59 bits per heavy atom. The third kappa shape index (κ3) is 13.5. The number of fused-ring (bicyclic) bond motifs is 2. The largest absolute Gasteiger partial charge is 0.508 e. The molecule has 7 rings (SSSR count). The fourth-order valence-corrected chi connectivity index (χ4v) is 9.79. The zero-order valence-corrected chi connectivity index (χ0v) is 37.2. The number of H-pyrrole nitrogens is 1. The second-order valence-electron chi connectivity index (χ2n) is 16.6. The summed E-state index contributed by atoms with van der Waals surface area (Å²) in [7, 11) is 1.63. The summed E-state index contributed by atoms with van der Waals surface area (Å²) in [4.78, 5) is 54.3. The third-order valence-corrected chi connectivity index (χ3v) is 13.5. The first kappa shape index (κ1) is 46.5. The lowest BCUT2D eigenvalue weighted by atomic mass is 9.89. The molecule has 19 heteroatoms. The number of benzene rings is 2. The van der Waals surface area contributed by atoms with E-state index in [2.05, 4.69) is 46.8 Å². The van der Waals surface area contributed by atoms with Crippen molar-refractivity contribution < 1.29 is 38.5 Å². The Kier molecular flexibility index (Phi) is 16.6. The molecule has 0 radical (unpaired) electrons. The Balaban J connectivity index is 0.760. The van der Waals surface area contributed by atoms with Crippen molar-refractivity contribution in [2.24, 2.45) is 16.1 Å². The summed E-state index contributed by atoms with van der Waals surface area (Å²) in [6.45, 7) is 3.00. The number of ketones is 1. The maximum atomic E-state index is 13.6. The molecule has 4 amide bonds. The Hall–Kier alpha value is -5.53. The molecule has 0 aliphatic carbocycles. The minimum absolute atomic E-state index is 0.0199. The number of aromatic amines is 1. The maximum Gasteiger partial charge on any atom is 0.315 e. The van der Waals surface area contributed by atoms with Crippen LogP contribution in [-0.2, 0) is 49.7 Å². The fraction of sp³-hybridized carbons (Fsp3) is 0.556. The number of urea groups is 1. The van der Waals surface area contributed by atoms with Crippen LogP contribution >= 0.6 is 11.8 Å². The van der Waals surface area contributed by atoms with Gasteiger partial charge >= 0.3 is 6.03 Å². The molecule has 0 saturated carbocycles. The van der Waals surface area contributed by atoms with E-state index in [1.807, 2.05) is 42.4 Å². The van der Waals surface area contributed by atoms with Gasteiger partial charge in [0.15, 0.2) is 5.66 Å². The van der Waals surface area contributed by atoms with Crippen LogP contribution in [-0.4, -0.2) is 124 Å². The number of rotatable bonds is 29. The van der Waals surface area contributed by atoms with Gasteiger partial charge in [-0.25, -0.2) is 9.48 Å². The Morgan fingerprint density at radius 1 is 0.953 bits per heavy atom. The number of phenols is 1. The molecule has 4 atom stereocenters. The molecule has 344 valence electrons. The number of nitrogens with zero attached hydrogens (tertiary/aromatic N) is 5. The monoisotopic (exact) mass is 900 g/mol. The lowest BCUT2D eigenvalue weighted by Gasteiger charge is -2.18. The molecule has 4 unspecified atom stereocenters. The quantitative estimate of drug-likeness (QED) is 0.0254. The zero-order chi connectivity index (χ0) is 44.7. The first-order chi connectivity index (χ1) is 31.2. The number of methoxy groups -OCH3 is 1. The summed E-state index contributed by atoms with van der Waals surface area (Å²) >= 11 is 1.89. The standard InChI is InChI=1S/C45H60N10O8S/c1-61-34-11-12-37-36(26-34)31(27-48-37)16-19-47-43(59)35(39(57)13-8-30-6-9-33(56)10-7-30)15-18-45(52-53-45)17-14-32-28-55(54-51-32)21-23-63-25-24-62-22-20-46-41(58)5-3-2-4-40-42-38(29-64-40)49-44(60)50-42/h6-7,9-12,26-28,35,38,40,42,48,56H,2-5,8,13-25,29H2,1H3,(H,46,58)(H,47,59)(H2,49,50,60). The van der Waals surface area contributed by atoms with Crippen LogP contribution in [0, 0.1) is 5.92 Å². The highest BCUT2D eigenvalue weighted by atomic mass is 32.2.